The van der Waals surface area contributed by atoms with Crippen LogP contribution in [0.2, 0.25) is 0 Å². The van der Waals surface area contributed by atoms with Crippen LogP contribution in [0.3, 0.4) is 0 Å². The monoisotopic (exact) mass is 268 g/mol. The van der Waals surface area contributed by atoms with Gasteiger partial charge in [0.05, 0.1) is 19.2 Å². The summed E-state index contributed by atoms with van der Waals surface area (Å²) in [6.07, 6.45) is 2.60. The molecule has 0 aliphatic heterocycles. The largest absolute Gasteiger partial charge is 0.467 e. The molecule has 0 aliphatic rings. The van der Waals surface area contributed by atoms with Crippen molar-refractivity contribution in [3.05, 3.63) is 23.7 Å². The van der Waals surface area contributed by atoms with Crippen molar-refractivity contribution in [1.29, 1.82) is 0 Å². The Morgan fingerprint density at radius 1 is 1.42 bits per heavy atom. The van der Waals surface area contributed by atoms with E-state index in [4.69, 9.17) is 4.42 Å². The molecule has 0 radical (unpaired) electrons. The van der Waals surface area contributed by atoms with Crippen LogP contribution in [-0.2, 0) is 11.3 Å². The summed E-state index contributed by atoms with van der Waals surface area (Å²) >= 11 is 0. The highest BCUT2D eigenvalue weighted by atomic mass is 16.5. The molecule has 0 saturated carbocycles. The summed E-state index contributed by atoms with van der Waals surface area (Å²) in [6.45, 7) is 9.12. The van der Waals surface area contributed by atoms with Crippen molar-refractivity contribution in [3.8, 4) is 0 Å². The number of nitrogens with zero attached hydrogens (tertiary/aromatic N) is 1. The van der Waals surface area contributed by atoms with E-state index < -0.39 is 0 Å². The average Bonchev–Trinajstić information content (AvgIpc) is 2.90. The maximum absolute atomic E-state index is 11.2. The van der Waals surface area contributed by atoms with Gasteiger partial charge in [-0.25, -0.2) is 4.79 Å². The summed E-state index contributed by atoms with van der Waals surface area (Å²) < 4.78 is 9.91. The van der Waals surface area contributed by atoms with Gasteiger partial charge in [0.25, 0.3) is 0 Å². The van der Waals surface area contributed by atoms with Crippen molar-refractivity contribution in [2.45, 2.75) is 26.8 Å². The second-order valence-corrected chi connectivity index (χ2v) is 4.40. The Morgan fingerprint density at radius 2 is 2.21 bits per heavy atom. The summed E-state index contributed by atoms with van der Waals surface area (Å²) in [5.41, 5.74) is 0.459. The van der Waals surface area contributed by atoms with E-state index in [1.54, 1.807) is 6.07 Å². The van der Waals surface area contributed by atoms with E-state index in [2.05, 4.69) is 28.8 Å². The quantitative estimate of drug-likeness (QED) is 0.547. The van der Waals surface area contributed by atoms with Gasteiger partial charge < -0.3 is 19.4 Å². The predicted octanol–water partition coefficient (Wildman–Crippen LogP) is 1.89. The summed E-state index contributed by atoms with van der Waals surface area (Å²) in [5.74, 6) is 0.383. The summed E-state index contributed by atoms with van der Waals surface area (Å²) in [4.78, 5) is 13.6. The normalized spacial score (nSPS) is 10.9. The number of ether oxygens (including phenoxy) is 1. The lowest BCUT2D eigenvalue weighted by Crippen LogP contribution is -2.32. The van der Waals surface area contributed by atoms with Gasteiger partial charge in [0.1, 0.15) is 12.0 Å². The highest BCUT2D eigenvalue weighted by molar-refractivity contribution is 5.88. The Kier molecular flexibility index (Phi) is 7.22. The van der Waals surface area contributed by atoms with Crippen LogP contribution in [0.15, 0.2) is 16.7 Å². The minimum atomic E-state index is -0.366. The molecule has 1 heterocycles. The Hall–Kier alpha value is -1.33. The number of carbonyl (C=O) groups excluding carboxylic acids is 1. The summed E-state index contributed by atoms with van der Waals surface area (Å²) in [7, 11) is 1.36. The highest BCUT2D eigenvalue weighted by Crippen LogP contribution is 2.08. The minimum absolute atomic E-state index is 0.366. The molecule has 0 fully saturated rings. The van der Waals surface area contributed by atoms with Gasteiger partial charge in [-0.05, 0) is 25.6 Å². The van der Waals surface area contributed by atoms with Gasteiger partial charge in [0.2, 0.25) is 0 Å². The first-order valence-corrected chi connectivity index (χ1v) is 6.80. The van der Waals surface area contributed by atoms with E-state index in [1.165, 1.54) is 19.8 Å². The molecule has 0 saturated heterocycles. The molecule has 5 nitrogen and oxygen atoms in total. The zero-order chi connectivity index (χ0) is 14.1. The van der Waals surface area contributed by atoms with E-state index >= 15 is 0 Å². The Balaban J connectivity index is 2.25. The Bertz CT molecular complexity index is 377. The topological polar surface area (TPSA) is 54.7 Å². The molecule has 5 heteroatoms. The molecule has 0 amide bonds. The van der Waals surface area contributed by atoms with Gasteiger partial charge in [-0.15, -0.1) is 0 Å². The lowest BCUT2D eigenvalue weighted by Gasteiger charge is -2.19. The molecule has 108 valence electrons. The van der Waals surface area contributed by atoms with Crippen molar-refractivity contribution in [2.75, 3.05) is 33.3 Å². The second kappa shape index (κ2) is 8.72. The van der Waals surface area contributed by atoms with Crippen LogP contribution < -0.4 is 5.32 Å². The standard InChI is InChI=1S/C14H24N2O3/c1-4-7-16(5-2)8-6-15-10-13-9-12(11-19-13)14(17)18-3/h9,11,15H,4-8,10H2,1-3H3. The van der Waals surface area contributed by atoms with Crippen molar-refractivity contribution >= 4 is 5.97 Å². The number of esters is 1. The molecule has 0 atom stereocenters. The van der Waals surface area contributed by atoms with Crippen LogP contribution in [0.4, 0.5) is 0 Å². The number of rotatable bonds is 9. The van der Waals surface area contributed by atoms with Crippen molar-refractivity contribution in [3.63, 3.8) is 0 Å². The maximum atomic E-state index is 11.2. The van der Waals surface area contributed by atoms with Gasteiger partial charge in [-0.3, -0.25) is 0 Å². The van der Waals surface area contributed by atoms with Crippen LogP contribution in [0, 0.1) is 0 Å². The first-order chi connectivity index (χ1) is 9.21. The molecule has 1 N–H and O–H groups in total. The lowest BCUT2D eigenvalue weighted by atomic mass is 10.3. The molecule has 1 rings (SSSR count). The molecule has 19 heavy (non-hydrogen) atoms. The van der Waals surface area contributed by atoms with E-state index in [0.29, 0.717) is 12.1 Å². The predicted molar refractivity (Wildman–Crippen MR) is 74.2 cm³/mol. The zero-order valence-electron chi connectivity index (χ0n) is 12.1. The van der Waals surface area contributed by atoms with Crippen LogP contribution >= 0.6 is 0 Å². The molecule has 1 aromatic rings. The van der Waals surface area contributed by atoms with Gasteiger partial charge in [0, 0.05) is 13.1 Å². The minimum Gasteiger partial charge on any atom is -0.467 e. The first-order valence-electron chi connectivity index (χ1n) is 6.80. The lowest BCUT2D eigenvalue weighted by molar-refractivity contribution is 0.0600. The van der Waals surface area contributed by atoms with E-state index in [9.17, 15) is 4.79 Å². The van der Waals surface area contributed by atoms with Gasteiger partial charge in [-0.1, -0.05) is 13.8 Å². The number of likely N-dealkylation sites (N-methyl/N-ethyl adjacent to an activating group) is 1. The van der Waals surface area contributed by atoms with Crippen LogP contribution in [0.25, 0.3) is 0 Å². The second-order valence-electron chi connectivity index (χ2n) is 4.40. The number of hydrogen-bond donors (Lipinski definition) is 1. The number of methoxy groups -OCH3 is 1. The average molecular weight is 268 g/mol. The summed E-state index contributed by atoms with van der Waals surface area (Å²) in [5, 5.41) is 3.31. The van der Waals surface area contributed by atoms with Gasteiger partial charge >= 0.3 is 5.97 Å². The third kappa shape index (κ3) is 5.44. The fourth-order valence-corrected chi connectivity index (χ4v) is 1.89. The highest BCUT2D eigenvalue weighted by Gasteiger charge is 2.09. The van der Waals surface area contributed by atoms with Gasteiger partial charge in [-0.2, -0.15) is 0 Å². The molecular weight excluding hydrogens is 244 g/mol. The maximum Gasteiger partial charge on any atom is 0.341 e. The number of hydrogen-bond acceptors (Lipinski definition) is 5. The molecule has 0 unspecified atom stereocenters. The fraction of sp³-hybridized carbons (Fsp3) is 0.643. The van der Waals surface area contributed by atoms with E-state index in [-0.39, 0.29) is 5.97 Å². The Labute approximate surface area is 114 Å². The molecule has 0 spiro atoms. The summed E-state index contributed by atoms with van der Waals surface area (Å²) in [6, 6.07) is 1.71. The van der Waals surface area contributed by atoms with Gasteiger partial charge in [0.15, 0.2) is 0 Å². The van der Waals surface area contributed by atoms with Crippen LogP contribution in [0.5, 0.6) is 0 Å². The van der Waals surface area contributed by atoms with E-state index in [1.807, 2.05) is 0 Å². The molecule has 0 aliphatic carbocycles. The third-order valence-corrected chi connectivity index (χ3v) is 2.97. The third-order valence-electron chi connectivity index (χ3n) is 2.97. The smallest absolute Gasteiger partial charge is 0.341 e. The molecule has 0 aromatic carbocycles. The fourth-order valence-electron chi connectivity index (χ4n) is 1.89. The number of furan rings is 1. The zero-order valence-corrected chi connectivity index (χ0v) is 12.1. The Morgan fingerprint density at radius 3 is 2.84 bits per heavy atom. The van der Waals surface area contributed by atoms with Crippen molar-refractivity contribution in [2.24, 2.45) is 0 Å². The molecule has 0 bridgehead atoms. The van der Waals surface area contributed by atoms with Crippen LogP contribution in [0.1, 0.15) is 36.4 Å². The number of carbonyl (C=O) groups is 1. The van der Waals surface area contributed by atoms with E-state index in [0.717, 1.165) is 31.9 Å². The number of nitrogens with one attached hydrogen (secondary N) is 1. The molecule has 1 aromatic heterocycles. The SMILES string of the molecule is CCCN(CC)CCNCc1cc(C(=O)OC)co1. The van der Waals surface area contributed by atoms with Crippen molar-refractivity contribution < 1.29 is 13.9 Å². The van der Waals surface area contributed by atoms with Crippen LogP contribution in [-0.4, -0.2) is 44.2 Å². The first kappa shape index (κ1) is 15.7. The van der Waals surface area contributed by atoms with Crippen molar-refractivity contribution in [1.82, 2.24) is 10.2 Å². The molecular formula is C14H24N2O3.